The first kappa shape index (κ1) is 12.3. The molecule has 0 aromatic heterocycles. The Kier molecular flexibility index (Phi) is 4.88. The summed E-state index contributed by atoms with van der Waals surface area (Å²) in [5.41, 5.74) is 0. The summed E-state index contributed by atoms with van der Waals surface area (Å²) in [7, 11) is 2.07. The summed E-state index contributed by atoms with van der Waals surface area (Å²) in [6.45, 7) is 8.27. The third-order valence-corrected chi connectivity index (χ3v) is 2.68. The molecule has 88 valence electrons. The van der Waals surface area contributed by atoms with Gasteiger partial charge in [-0.3, -0.25) is 0 Å². The van der Waals surface area contributed by atoms with Crippen LogP contribution in [0.1, 0.15) is 20.3 Å². The van der Waals surface area contributed by atoms with Crippen LogP contribution >= 0.6 is 0 Å². The van der Waals surface area contributed by atoms with Gasteiger partial charge in [-0.25, -0.2) is 4.79 Å². The van der Waals surface area contributed by atoms with E-state index in [1.807, 2.05) is 0 Å². The Balaban J connectivity index is 2.17. The number of piperazine rings is 1. The topological polar surface area (TPSA) is 32.8 Å². The predicted octanol–water partition coefficient (Wildman–Crippen LogP) is 1.42. The fourth-order valence-corrected chi connectivity index (χ4v) is 1.46. The molecule has 0 atom stereocenters. The molecule has 1 amide bonds. The molecule has 4 heteroatoms. The molecule has 1 aliphatic heterocycles. The molecule has 15 heavy (non-hydrogen) atoms. The lowest BCUT2D eigenvalue weighted by Gasteiger charge is -2.31. The van der Waals surface area contributed by atoms with E-state index in [4.69, 9.17) is 4.74 Å². The van der Waals surface area contributed by atoms with Gasteiger partial charge in [0.05, 0.1) is 6.61 Å². The molecule has 0 bridgehead atoms. The zero-order valence-electron chi connectivity index (χ0n) is 10.0. The minimum Gasteiger partial charge on any atom is -0.449 e. The SMILES string of the molecule is CC(C)CCOC(=O)N1CCN(C)CC1. The van der Waals surface area contributed by atoms with E-state index in [0.717, 1.165) is 32.6 Å². The number of rotatable bonds is 3. The Labute approximate surface area is 92.2 Å². The van der Waals surface area contributed by atoms with Gasteiger partial charge in [0.25, 0.3) is 0 Å². The lowest BCUT2D eigenvalue weighted by Crippen LogP contribution is -2.47. The maximum Gasteiger partial charge on any atom is 0.409 e. The number of likely N-dealkylation sites (N-methyl/N-ethyl adjacent to an activating group) is 1. The molecule has 0 aromatic rings. The van der Waals surface area contributed by atoms with Gasteiger partial charge in [0.1, 0.15) is 0 Å². The lowest BCUT2D eigenvalue weighted by molar-refractivity contribution is 0.0788. The van der Waals surface area contributed by atoms with Gasteiger partial charge in [-0.15, -0.1) is 0 Å². The van der Waals surface area contributed by atoms with E-state index in [9.17, 15) is 4.79 Å². The number of hydrogen-bond acceptors (Lipinski definition) is 3. The van der Waals surface area contributed by atoms with Gasteiger partial charge in [0.15, 0.2) is 0 Å². The Morgan fingerprint density at radius 2 is 1.87 bits per heavy atom. The molecule has 0 aliphatic carbocycles. The first-order valence-electron chi connectivity index (χ1n) is 5.70. The molecule has 0 aromatic carbocycles. The molecule has 0 saturated carbocycles. The van der Waals surface area contributed by atoms with E-state index in [1.54, 1.807) is 4.90 Å². The Morgan fingerprint density at radius 3 is 2.40 bits per heavy atom. The zero-order chi connectivity index (χ0) is 11.3. The summed E-state index contributed by atoms with van der Waals surface area (Å²) in [5.74, 6) is 0.588. The maximum atomic E-state index is 11.6. The molecule has 4 nitrogen and oxygen atoms in total. The van der Waals surface area contributed by atoms with Gasteiger partial charge < -0.3 is 14.5 Å². The summed E-state index contributed by atoms with van der Waals surface area (Å²) in [5, 5.41) is 0. The predicted molar refractivity (Wildman–Crippen MR) is 59.9 cm³/mol. The quantitative estimate of drug-likeness (QED) is 0.712. The van der Waals surface area contributed by atoms with E-state index in [1.165, 1.54) is 0 Å². The van der Waals surface area contributed by atoms with Crippen LogP contribution in [0.5, 0.6) is 0 Å². The fourth-order valence-electron chi connectivity index (χ4n) is 1.46. The molecule has 0 spiro atoms. The molecule has 1 saturated heterocycles. The average molecular weight is 214 g/mol. The van der Waals surface area contributed by atoms with Gasteiger partial charge in [-0.05, 0) is 19.4 Å². The molecular formula is C11H22N2O2. The first-order chi connectivity index (χ1) is 7.09. The minimum absolute atomic E-state index is 0.149. The standard InChI is InChI=1S/C11H22N2O2/c1-10(2)4-9-15-11(14)13-7-5-12(3)6-8-13/h10H,4-9H2,1-3H3. The highest BCUT2D eigenvalue weighted by Gasteiger charge is 2.19. The molecule has 0 radical (unpaired) electrons. The second-order valence-corrected chi connectivity index (χ2v) is 4.59. The summed E-state index contributed by atoms with van der Waals surface area (Å²) in [4.78, 5) is 15.6. The van der Waals surface area contributed by atoms with Crippen molar-refractivity contribution in [3.8, 4) is 0 Å². The molecular weight excluding hydrogens is 192 g/mol. The van der Waals surface area contributed by atoms with Gasteiger partial charge in [-0.1, -0.05) is 13.8 Å². The fraction of sp³-hybridized carbons (Fsp3) is 0.909. The van der Waals surface area contributed by atoms with Gasteiger partial charge >= 0.3 is 6.09 Å². The van der Waals surface area contributed by atoms with Crippen molar-refractivity contribution in [3.63, 3.8) is 0 Å². The lowest BCUT2D eigenvalue weighted by atomic mass is 10.1. The van der Waals surface area contributed by atoms with Crippen molar-refractivity contribution in [2.75, 3.05) is 39.8 Å². The molecule has 1 fully saturated rings. The van der Waals surface area contributed by atoms with E-state index in [0.29, 0.717) is 12.5 Å². The minimum atomic E-state index is -0.149. The van der Waals surface area contributed by atoms with Crippen LogP contribution in [-0.2, 0) is 4.74 Å². The summed E-state index contributed by atoms with van der Waals surface area (Å²) < 4.78 is 5.20. The number of nitrogens with zero attached hydrogens (tertiary/aromatic N) is 2. The Morgan fingerprint density at radius 1 is 1.27 bits per heavy atom. The van der Waals surface area contributed by atoms with E-state index >= 15 is 0 Å². The van der Waals surface area contributed by atoms with Crippen LogP contribution in [-0.4, -0.2) is 55.7 Å². The number of ether oxygens (including phenoxy) is 1. The Bertz CT molecular complexity index is 199. The second kappa shape index (κ2) is 5.95. The average Bonchev–Trinajstić information content (AvgIpc) is 2.18. The molecule has 1 aliphatic rings. The van der Waals surface area contributed by atoms with E-state index < -0.39 is 0 Å². The van der Waals surface area contributed by atoms with Crippen molar-refractivity contribution < 1.29 is 9.53 Å². The highest BCUT2D eigenvalue weighted by molar-refractivity contribution is 5.67. The second-order valence-electron chi connectivity index (χ2n) is 4.59. The van der Waals surface area contributed by atoms with Crippen molar-refractivity contribution in [1.82, 2.24) is 9.80 Å². The summed E-state index contributed by atoms with van der Waals surface area (Å²) >= 11 is 0. The molecule has 0 unspecified atom stereocenters. The van der Waals surface area contributed by atoms with Crippen molar-refractivity contribution >= 4 is 6.09 Å². The van der Waals surface area contributed by atoms with E-state index in [2.05, 4.69) is 25.8 Å². The van der Waals surface area contributed by atoms with Crippen LogP contribution < -0.4 is 0 Å². The van der Waals surface area contributed by atoms with Crippen LogP contribution in [0, 0.1) is 5.92 Å². The number of carbonyl (C=O) groups excluding carboxylic acids is 1. The molecule has 0 N–H and O–H groups in total. The van der Waals surface area contributed by atoms with Crippen LogP contribution in [0.4, 0.5) is 4.79 Å². The normalized spacial score (nSPS) is 18.3. The molecule has 1 heterocycles. The van der Waals surface area contributed by atoms with Crippen molar-refractivity contribution in [2.45, 2.75) is 20.3 Å². The maximum absolute atomic E-state index is 11.6. The van der Waals surface area contributed by atoms with Crippen LogP contribution in [0.15, 0.2) is 0 Å². The number of amides is 1. The smallest absolute Gasteiger partial charge is 0.409 e. The van der Waals surface area contributed by atoms with Gasteiger partial charge in [0, 0.05) is 26.2 Å². The van der Waals surface area contributed by atoms with Crippen LogP contribution in [0.2, 0.25) is 0 Å². The first-order valence-corrected chi connectivity index (χ1v) is 5.70. The number of carbonyl (C=O) groups is 1. The van der Waals surface area contributed by atoms with Crippen molar-refractivity contribution in [1.29, 1.82) is 0 Å². The Hall–Kier alpha value is -0.770. The number of hydrogen-bond donors (Lipinski definition) is 0. The highest BCUT2D eigenvalue weighted by Crippen LogP contribution is 2.04. The summed E-state index contributed by atoms with van der Waals surface area (Å²) in [6.07, 6.45) is 0.795. The van der Waals surface area contributed by atoms with E-state index in [-0.39, 0.29) is 6.09 Å². The van der Waals surface area contributed by atoms with Crippen molar-refractivity contribution in [2.24, 2.45) is 5.92 Å². The van der Waals surface area contributed by atoms with Gasteiger partial charge in [-0.2, -0.15) is 0 Å². The van der Waals surface area contributed by atoms with Crippen LogP contribution in [0.3, 0.4) is 0 Å². The van der Waals surface area contributed by atoms with Crippen molar-refractivity contribution in [3.05, 3.63) is 0 Å². The third-order valence-electron chi connectivity index (χ3n) is 2.68. The highest BCUT2D eigenvalue weighted by atomic mass is 16.6. The zero-order valence-corrected chi connectivity index (χ0v) is 10.0. The third kappa shape index (κ3) is 4.51. The van der Waals surface area contributed by atoms with Gasteiger partial charge in [0.2, 0.25) is 0 Å². The molecule has 1 rings (SSSR count). The summed E-state index contributed by atoms with van der Waals surface area (Å²) in [6, 6.07) is 0. The van der Waals surface area contributed by atoms with Crippen LogP contribution in [0.25, 0.3) is 0 Å². The largest absolute Gasteiger partial charge is 0.449 e. The monoisotopic (exact) mass is 214 g/mol.